The minimum atomic E-state index is 0.515. The predicted molar refractivity (Wildman–Crippen MR) is 121 cm³/mol. The van der Waals surface area contributed by atoms with Crippen LogP contribution in [-0.4, -0.2) is 4.98 Å². The molecule has 136 valence electrons. The fraction of sp³-hybridized carbons (Fsp3) is 0.0417. The number of ether oxygens (including phenoxy) is 1. The zero-order chi connectivity index (χ0) is 18.9. The lowest BCUT2D eigenvalue weighted by atomic mass is 10.1. The predicted octanol–water partition coefficient (Wildman–Crippen LogP) is 7.46. The van der Waals surface area contributed by atoms with E-state index in [1.807, 2.05) is 30.3 Å². The summed E-state index contributed by atoms with van der Waals surface area (Å²) in [5.41, 5.74) is 3.20. The van der Waals surface area contributed by atoms with Gasteiger partial charge in [0.15, 0.2) is 0 Å². The second kappa shape index (κ2) is 7.38. The molecule has 1 aromatic heterocycles. The van der Waals surface area contributed by atoms with Crippen molar-refractivity contribution >= 4 is 48.3 Å². The van der Waals surface area contributed by atoms with Gasteiger partial charge in [0.05, 0.1) is 15.8 Å². The van der Waals surface area contributed by atoms with E-state index in [1.165, 1.54) is 21.0 Å². The van der Waals surface area contributed by atoms with E-state index in [2.05, 4.69) is 70.5 Å². The number of hydrogen-bond acceptors (Lipinski definition) is 3. The molecule has 1 heterocycles. The Morgan fingerprint density at radius 1 is 0.857 bits per heavy atom. The smallest absolute Gasteiger partial charge is 0.130 e. The maximum atomic E-state index is 6.28. The van der Waals surface area contributed by atoms with Crippen LogP contribution in [0.5, 0.6) is 5.75 Å². The maximum Gasteiger partial charge on any atom is 0.130 e. The van der Waals surface area contributed by atoms with Crippen LogP contribution in [0.1, 0.15) is 5.56 Å². The Kier molecular flexibility index (Phi) is 4.59. The zero-order valence-corrected chi connectivity index (χ0v) is 17.3. The summed E-state index contributed by atoms with van der Waals surface area (Å²) in [6, 6.07) is 29.0. The van der Waals surface area contributed by atoms with Crippen molar-refractivity contribution in [2.24, 2.45) is 0 Å². The van der Waals surface area contributed by atoms with Gasteiger partial charge in [0.25, 0.3) is 0 Å². The van der Waals surface area contributed by atoms with Crippen LogP contribution in [0.25, 0.3) is 31.6 Å². The quantitative estimate of drug-likeness (QED) is 0.286. The van der Waals surface area contributed by atoms with Gasteiger partial charge in [-0.05, 0) is 46.7 Å². The number of nitrogens with zero attached hydrogens (tertiary/aromatic N) is 1. The van der Waals surface area contributed by atoms with Crippen molar-refractivity contribution < 1.29 is 4.74 Å². The van der Waals surface area contributed by atoms with E-state index in [4.69, 9.17) is 9.72 Å². The first-order valence-electron chi connectivity index (χ1n) is 9.03. The van der Waals surface area contributed by atoms with Gasteiger partial charge in [0, 0.05) is 4.47 Å². The van der Waals surface area contributed by atoms with Gasteiger partial charge < -0.3 is 4.74 Å². The van der Waals surface area contributed by atoms with Gasteiger partial charge in [0.2, 0.25) is 0 Å². The summed E-state index contributed by atoms with van der Waals surface area (Å²) in [4.78, 5) is 4.81. The Bertz CT molecular complexity index is 1260. The molecule has 5 aromatic rings. The van der Waals surface area contributed by atoms with Crippen LogP contribution in [0.3, 0.4) is 0 Å². The van der Waals surface area contributed by atoms with E-state index in [0.717, 1.165) is 26.3 Å². The second-order valence-electron chi connectivity index (χ2n) is 6.55. The molecule has 0 bridgehead atoms. The van der Waals surface area contributed by atoms with Gasteiger partial charge in [-0.25, -0.2) is 4.98 Å². The Morgan fingerprint density at radius 2 is 1.68 bits per heavy atom. The van der Waals surface area contributed by atoms with E-state index in [-0.39, 0.29) is 0 Å². The number of para-hydroxylation sites is 1. The van der Waals surface area contributed by atoms with Crippen LogP contribution in [0.4, 0.5) is 0 Å². The first kappa shape index (κ1) is 17.4. The monoisotopic (exact) mass is 445 g/mol. The minimum absolute atomic E-state index is 0.515. The van der Waals surface area contributed by atoms with Crippen molar-refractivity contribution in [1.29, 1.82) is 0 Å². The van der Waals surface area contributed by atoms with Crippen molar-refractivity contribution in [3.63, 3.8) is 0 Å². The molecule has 0 unspecified atom stereocenters. The van der Waals surface area contributed by atoms with E-state index >= 15 is 0 Å². The molecular formula is C24H16BrNOS. The van der Waals surface area contributed by atoms with Crippen LogP contribution in [0, 0.1) is 0 Å². The van der Waals surface area contributed by atoms with Crippen LogP contribution >= 0.6 is 27.3 Å². The lowest BCUT2D eigenvalue weighted by Crippen LogP contribution is -1.98. The highest BCUT2D eigenvalue weighted by molar-refractivity contribution is 9.10. The molecule has 0 atom stereocenters. The molecule has 0 aliphatic heterocycles. The Labute approximate surface area is 175 Å². The summed E-state index contributed by atoms with van der Waals surface area (Å²) in [7, 11) is 0. The van der Waals surface area contributed by atoms with Gasteiger partial charge in [-0.15, -0.1) is 11.3 Å². The van der Waals surface area contributed by atoms with Crippen molar-refractivity contribution in [3.05, 3.63) is 95.0 Å². The van der Waals surface area contributed by atoms with Crippen LogP contribution in [0.2, 0.25) is 0 Å². The number of fused-ring (bicyclic) bond motifs is 2. The molecule has 2 nitrogen and oxygen atoms in total. The number of hydrogen-bond donors (Lipinski definition) is 0. The molecule has 0 saturated carbocycles. The van der Waals surface area contributed by atoms with E-state index in [1.54, 1.807) is 11.3 Å². The number of halogens is 1. The molecule has 0 aliphatic carbocycles. The molecule has 0 radical (unpaired) electrons. The molecule has 5 rings (SSSR count). The third-order valence-corrected chi connectivity index (χ3v) is 6.29. The van der Waals surface area contributed by atoms with E-state index in [0.29, 0.717) is 6.61 Å². The Hall–Kier alpha value is -2.69. The lowest BCUT2D eigenvalue weighted by Gasteiger charge is -2.12. The van der Waals surface area contributed by atoms with Gasteiger partial charge in [0.1, 0.15) is 17.4 Å². The Balaban J connectivity index is 1.52. The molecule has 4 heteroatoms. The summed E-state index contributed by atoms with van der Waals surface area (Å²) in [6.07, 6.45) is 0. The lowest BCUT2D eigenvalue weighted by molar-refractivity contribution is 0.309. The van der Waals surface area contributed by atoms with Crippen molar-refractivity contribution in [2.75, 3.05) is 0 Å². The highest BCUT2D eigenvalue weighted by atomic mass is 79.9. The first-order chi connectivity index (χ1) is 13.8. The molecule has 28 heavy (non-hydrogen) atoms. The minimum Gasteiger partial charge on any atom is -0.488 e. The summed E-state index contributed by atoms with van der Waals surface area (Å²) in [5.74, 6) is 0.843. The van der Waals surface area contributed by atoms with Crippen LogP contribution in [0.15, 0.2) is 89.4 Å². The molecule has 0 fully saturated rings. The summed E-state index contributed by atoms with van der Waals surface area (Å²) < 4.78 is 8.47. The Morgan fingerprint density at radius 3 is 2.61 bits per heavy atom. The summed E-state index contributed by atoms with van der Waals surface area (Å²) in [5, 5.41) is 3.42. The standard InChI is InChI=1S/C24H16BrNOS/c25-18-12-13-22(20(14-18)24-26-21-10-3-4-11-23(21)28-24)27-15-17-8-5-7-16-6-1-2-9-19(16)17/h1-14H,15H2. The molecule has 0 spiro atoms. The summed E-state index contributed by atoms with van der Waals surface area (Å²) in [6.45, 7) is 0.515. The fourth-order valence-corrected chi connectivity index (χ4v) is 4.70. The normalized spacial score (nSPS) is 11.2. The SMILES string of the molecule is Brc1ccc(OCc2cccc3ccccc23)c(-c2nc3ccccc3s2)c1. The number of aromatic nitrogens is 1. The van der Waals surface area contributed by atoms with Gasteiger partial charge in [-0.3, -0.25) is 0 Å². The van der Waals surface area contributed by atoms with Crippen molar-refractivity contribution in [2.45, 2.75) is 6.61 Å². The van der Waals surface area contributed by atoms with Crippen LogP contribution < -0.4 is 4.74 Å². The molecular weight excluding hydrogens is 430 g/mol. The highest BCUT2D eigenvalue weighted by Crippen LogP contribution is 2.38. The average molecular weight is 446 g/mol. The van der Waals surface area contributed by atoms with Gasteiger partial charge in [-0.2, -0.15) is 0 Å². The van der Waals surface area contributed by atoms with Crippen molar-refractivity contribution in [1.82, 2.24) is 4.98 Å². The molecule has 0 aliphatic rings. The average Bonchev–Trinajstić information content (AvgIpc) is 3.17. The maximum absolute atomic E-state index is 6.28. The summed E-state index contributed by atoms with van der Waals surface area (Å²) >= 11 is 5.27. The van der Waals surface area contributed by atoms with Crippen molar-refractivity contribution in [3.8, 4) is 16.3 Å². The molecule has 0 saturated heterocycles. The van der Waals surface area contributed by atoms with Crippen LogP contribution in [-0.2, 0) is 6.61 Å². The second-order valence-corrected chi connectivity index (χ2v) is 8.50. The fourth-order valence-electron chi connectivity index (χ4n) is 3.36. The van der Waals surface area contributed by atoms with E-state index < -0.39 is 0 Å². The van der Waals surface area contributed by atoms with E-state index in [9.17, 15) is 0 Å². The number of thiazole rings is 1. The first-order valence-corrected chi connectivity index (χ1v) is 10.6. The molecule has 0 amide bonds. The number of rotatable bonds is 4. The third-order valence-electron chi connectivity index (χ3n) is 4.73. The molecule has 0 N–H and O–H groups in total. The number of benzene rings is 4. The largest absolute Gasteiger partial charge is 0.488 e. The zero-order valence-electron chi connectivity index (χ0n) is 14.9. The van der Waals surface area contributed by atoms with Gasteiger partial charge in [-0.1, -0.05) is 70.5 Å². The third kappa shape index (κ3) is 3.30. The molecule has 4 aromatic carbocycles. The van der Waals surface area contributed by atoms with Gasteiger partial charge >= 0.3 is 0 Å². The highest BCUT2D eigenvalue weighted by Gasteiger charge is 2.13. The topological polar surface area (TPSA) is 22.1 Å².